The van der Waals surface area contributed by atoms with Gasteiger partial charge in [-0.25, -0.2) is 4.79 Å². The third-order valence-electron chi connectivity index (χ3n) is 5.10. The van der Waals surface area contributed by atoms with E-state index in [0.717, 1.165) is 51.6 Å². The Morgan fingerprint density at radius 1 is 1.17 bits per heavy atom. The predicted octanol–water partition coefficient (Wildman–Crippen LogP) is 2.67. The lowest BCUT2D eigenvalue weighted by atomic mass is 10.0. The lowest BCUT2D eigenvalue weighted by Gasteiger charge is -2.39. The van der Waals surface area contributed by atoms with Crippen molar-refractivity contribution in [3.05, 3.63) is 0 Å². The van der Waals surface area contributed by atoms with Crippen molar-refractivity contribution in [3.8, 4) is 0 Å². The number of nitrogens with one attached hydrogen (secondary N) is 2. The lowest BCUT2D eigenvalue weighted by molar-refractivity contribution is -0.00684. The molecule has 2 aliphatic rings. The molecule has 2 N–H and O–H groups in total. The van der Waals surface area contributed by atoms with Gasteiger partial charge >= 0.3 is 6.09 Å². The first-order valence-corrected chi connectivity index (χ1v) is 11.0. The van der Waals surface area contributed by atoms with Crippen LogP contribution in [0.15, 0.2) is 4.99 Å². The molecular weight excluding hydrogens is 497 g/mol. The van der Waals surface area contributed by atoms with Gasteiger partial charge in [0, 0.05) is 44.3 Å². The number of hydrogen-bond acceptors (Lipinski definition) is 5. The van der Waals surface area contributed by atoms with Crippen molar-refractivity contribution in [2.45, 2.75) is 71.6 Å². The number of hydrogen-bond donors (Lipinski definition) is 2. The van der Waals surface area contributed by atoms with Crippen LogP contribution in [-0.4, -0.2) is 91.5 Å². The normalized spacial score (nSPS) is 18.4. The lowest BCUT2D eigenvalue weighted by Crippen LogP contribution is -2.52. The Labute approximate surface area is 199 Å². The Hall–Kier alpha value is -0.810. The van der Waals surface area contributed by atoms with Crippen LogP contribution < -0.4 is 10.6 Å². The maximum atomic E-state index is 12.5. The van der Waals surface area contributed by atoms with Gasteiger partial charge in [0.05, 0.1) is 19.8 Å². The number of ether oxygens (including phenoxy) is 2. The van der Waals surface area contributed by atoms with Crippen LogP contribution >= 0.6 is 24.0 Å². The third kappa shape index (κ3) is 9.55. The Morgan fingerprint density at radius 2 is 1.80 bits per heavy atom. The van der Waals surface area contributed by atoms with Crippen LogP contribution in [-0.2, 0) is 9.47 Å². The number of amides is 1. The summed E-state index contributed by atoms with van der Waals surface area (Å²) in [5.74, 6) is 0.786. The number of carbonyl (C=O) groups is 1. The van der Waals surface area contributed by atoms with E-state index in [0.29, 0.717) is 25.7 Å². The summed E-state index contributed by atoms with van der Waals surface area (Å²) in [6.07, 6.45) is 1.89. The molecule has 1 aliphatic carbocycles. The first-order chi connectivity index (χ1) is 13.6. The number of carbonyl (C=O) groups excluding carboxylic acids is 1. The van der Waals surface area contributed by atoms with Crippen molar-refractivity contribution in [2.75, 3.05) is 52.5 Å². The summed E-state index contributed by atoms with van der Waals surface area (Å²) in [7, 11) is 0. The molecule has 1 saturated heterocycles. The predicted molar refractivity (Wildman–Crippen MR) is 132 cm³/mol. The first-order valence-electron chi connectivity index (χ1n) is 11.0. The van der Waals surface area contributed by atoms with Gasteiger partial charge in [-0.1, -0.05) is 0 Å². The molecule has 9 heteroatoms. The van der Waals surface area contributed by atoms with Gasteiger partial charge in [0.15, 0.2) is 5.96 Å². The van der Waals surface area contributed by atoms with Gasteiger partial charge in [-0.2, -0.15) is 0 Å². The summed E-state index contributed by atoms with van der Waals surface area (Å²) in [6.45, 7) is 18.4. The zero-order chi connectivity index (χ0) is 21.5. The average Bonchev–Trinajstić information content (AvgIpc) is 3.47. The molecular formula is C21H42IN5O3. The van der Waals surface area contributed by atoms with Crippen molar-refractivity contribution in [2.24, 2.45) is 4.99 Å². The molecule has 0 unspecified atom stereocenters. The van der Waals surface area contributed by atoms with E-state index in [1.807, 2.05) is 25.7 Å². The molecule has 0 radical (unpaired) electrons. The Balaban J connectivity index is 0.00000450. The van der Waals surface area contributed by atoms with Gasteiger partial charge in [0.2, 0.25) is 0 Å². The molecule has 2 fully saturated rings. The molecule has 0 atom stereocenters. The molecule has 30 heavy (non-hydrogen) atoms. The largest absolute Gasteiger partial charge is 0.444 e. The second-order valence-corrected chi connectivity index (χ2v) is 9.44. The third-order valence-corrected chi connectivity index (χ3v) is 5.10. The van der Waals surface area contributed by atoms with Crippen molar-refractivity contribution in [3.63, 3.8) is 0 Å². The van der Waals surface area contributed by atoms with Gasteiger partial charge in [0.25, 0.3) is 0 Å². The molecule has 8 nitrogen and oxygen atoms in total. The van der Waals surface area contributed by atoms with Crippen LogP contribution in [0.25, 0.3) is 0 Å². The summed E-state index contributed by atoms with van der Waals surface area (Å²) in [4.78, 5) is 21.6. The molecule has 0 aromatic heterocycles. The fraction of sp³-hybridized carbons (Fsp3) is 0.905. The van der Waals surface area contributed by atoms with E-state index in [9.17, 15) is 4.79 Å². The van der Waals surface area contributed by atoms with Crippen LogP contribution in [0.4, 0.5) is 4.79 Å². The monoisotopic (exact) mass is 539 g/mol. The quantitative estimate of drug-likeness (QED) is 0.281. The van der Waals surface area contributed by atoms with Crippen molar-refractivity contribution in [1.82, 2.24) is 20.4 Å². The molecule has 1 heterocycles. The summed E-state index contributed by atoms with van der Waals surface area (Å²) in [5, 5.41) is 6.68. The Bertz CT molecular complexity index is 555. The molecule has 1 saturated carbocycles. The summed E-state index contributed by atoms with van der Waals surface area (Å²) >= 11 is 0. The summed E-state index contributed by atoms with van der Waals surface area (Å²) in [6, 6.07) is 0.312. The van der Waals surface area contributed by atoms with Crippen LogP contribution in [0.1, 0.15) is 54.4 Å². The minimum absolute atomic E-state index is 0. The number of halogens is 1. The number of rotatable bonds is 8. The van der Waals surface area contributed by atoms with Gasteiger partial charge in [-0.3, -0.25) is 9.89 Å². The minimum atomic E-state index is -0.473. The van der Waals surface area contributed by atoms with Crippen molar-refractivity contribution >= 4 is 36.0 Å². The molecule has 176 valence electrons. The fourth-order valence-electron chi connectivity index (χ4n) is 3.31. The van der Waals surface area contributed by atoms with Crippen LogP contribution in [0, 0.1) is 0 Å². The highest BCUT2D eigenvalue weighted by Gasteiger charge is 2.35. The zero-order valence-corrected chi connectivity index (χ0v) is 22.0. The second kappa shape index (κ2) is 12.3. The summed E-state index contributed by atoms with van der Waals surface area (Å²) < 4.78 is 11.0. The maximum absolute atomic E-state index is 12.5. The van der Waals surface area contributed by atoms with Crippen LogP contribution in [0.5, 0.6) is 0 Å². The molecule has 0 spiro atoms. The van der Waals surface area contributed by atoms with Gasteiger partial charge in [-0.15, -0.1) is 24.0 Å². The molecule has 1 aliphatic heterocycles. The highest BCUT2D eigenvalue weighted by Crippen LogP contribution is 2.28. The standard InChI is InChI=1S/C21H41N5O3.HI/c1-7-22-18(24-16-21(5,6)25-12-14-28-15-13-25)23-10-11-26(17-8-9-17)19(27)29-20(2,3)4;/h17H,7-16H2,1-6H3,(H2,22,23,24);1H. The Kier molecular flexibility index (Phi) is 11.1. The minimum Gasteiger partial charge on any atom is -0.444 e. The van der Waals surface area contributed by atoms with E-state index in [1.54, 1.807) is 0 Å². The maximum Gasteiger partial charge on any atom is 0.410 e. The van der Waals surface area contributed by atoms with E-state index >= 15 is 0 Å². The highest BCUT2D eigenvalue weighted by molar-refractivity contribution is 14.0. The molecule has 0 aromatic carbocycles. The topological polar surface area (TPSA) is 78.4 Å². The molecule has 0 aromatic rings. The average molecular weight is 540 g/mol. The Morgan fingerprint density at radius 3 is 2.33 bits per heavy atom. The fourth-order valence-corrected chi connectivity index (χ4v) is 3.31. The number of morpholine rings is 1. The van der Waals surface area contributed by atoms with Gasteiger partial charge in [-0.05, 0) is 54.4 Å². The van der Waals surface area contributed by atoms with E-state index in [4.69, 9.17) is 14.5 Å². The number of nitrogens with zero attached hydrogens (tertiary/aromatic N) is 3. The van der Waals surface area contributed by atoms with E-state index < -0.39 is 5.60 Å². The van der Waals surface area contributed by atoms with Crippen molar-refractivity contribution in [1.29, 1.82) is 0 Å². The number of guanidine groups is 1. The van der Waals surface area contributed by atoms with E-state index in [-0.39, 0.29) is 35.6 Å². The second-order valence-electron chi connectivity index (χ2n) is 9.44. The first kappa shape index (κ1) is 27.2. The highest BCUT2D eigenvalue weighted by atomic mass is 127. The number of aliphatic imine (C=N–C) groups is 1. The van der Waals surface area contributed by atoms with Crippen molar-refractivity contribution < 1.29 is 14.3 Å². The van der Waals surface area contributed by atoms with Crippen LogP contribution in [0.3, 0.4) is 0 Å². The molecule has 1 amide bonds. The van der Waals surface area contributed by atoms with E-state index in [1.165, 1.54) is 0 Å². The van der Waals surface area contributed by atoms with Crippen LogP contribution in [0.2, 0.25) is 0 Å². The van der Waals surface area contributed by atoms with Gasteiger partial charge < -0.3 is 25.0 Å². The molecule has 2 rings (SSSR count). The van der Waals surface area contributed by atoms with Gasteiger partial charge in [0.1, 0.15) is 5.60 Å². The summed E-state index contributed by atoms with van der Waals surface area (Å²) in [5.41, 5.74) is -0.498. The van der Waals surface area contributed by atoms with E-state index in [2.05, 4.69) is 36.3 Å². The smallest absolute Gasteiger partial charge is 0.410 e. The molecule has 0 bridgehead atoms. The zero-order valence-electron chi connectivity index (χ0n) is 19.6. The SMILES string of the molecule is CCNC(=NCC(C)(C)N1CCOCC1)NCCN(C(=O)OC(C)(C)C)C1CC1.I.